The van der Waals surface area contributed by atoms with Crippen LogP contribution in [-0.4, -0.2) is 30.5 Å². The minimum Gasteiger partial charge on any atom is -0.387 e. The molecule has 0 rings (SSSR count). The molecule has 0 radical (unpaired) electrons. The van der Waals surface area contributed by atoms with Crippen LogP contribution in [-0.2, 0) is 4.74 Å². The standard InChI is InChI=1S/C9H19NO2/c1-3-5-6-9(11)8(10)7-12-4-2/h5-6,8-9,11H,3-4,7,10H2,1-2H3/b6-5+/t8-,9-/m0/s1. The van der Waals surface area contributed by atoms with Gasteiger partial charge in [0.2, 0.25) is 0 Å². The van der Waals surface area contributed by atoms with Gasteiger partial charge in [-0.1, -0.05) is 19.1 Å². The summed E-state index contributed by atoms with van der Waals surface area (Å²) < 4.78 is 5.08. The van der Waals surface area contributed by atoms with E-state index in [-0.39, 0.29) is 6.04 Å². The van der Waals surface area contributed by atoms with Gasteiger partial charge in [-0.25, -0.2) is 0 Å². The van der Waals surface area contributed by atoms with Crippen molar-refractivity contribution in [2.45, 2.75) is 32.4 Å². The first-order valence-corrected chi connectivity index (χ1v) is 4.40. The highest BCUT2D eigenvalue weighted by Gasteiger charge is 2.10. The summed E-state index contributed by atoms with van der Waals surface area (Å²) in [5, 5.41) is 9.38. The van der Waals surface area contributed by atoms with Crippen LogP contribution >= 0.6 is 0 Å². The van der Waals surface area contributed by atoms with Gasteiger partial charge in [-0.15, -0.1) is 0 Å². The fourth-order valence-electron chi connectivity index (χ4n) is 0.771. The van der Waals surface area contributed by atoms with Gasteiger partial charge in [0.25, 0.3) is 0 Å². The molecule has 3 heteroatoms. The third-order valence-corrected chi connectivity index (χ3v) is 1.52. The zero-order chi connectivity index (χ0) is 9.40. The van der Waals surface area contributed by atoms with Crippen molar-refractivity contribution in [2.24, 2.45) is 5.73 Å². The molecule has 0 saturated heterocycles. The largest absolute Gasteiger partial charge is 0.387 e. The van der Waals surface area contributed by atoms with Gasteiger partial charge in [0.15, 0.2) is 0 Å². The van der Waals surface area contributed by atoms with E-state index in [0.29, 0.717) is 13.2 Å². The van der Waals surface area contributed by atoms with Crippen LogP contribution in [0, 0.1) is 0 Å². The van der Waals surface area contributed by atoms with E-state index in [2.05, 4.69) is 0 Å². The Morgan fingerprint density at radius 1 is 1.50 bits per heavy atom. The lowest BCUT2D eigenvalue weighted by Crippen LogP contribution is -2.37. The lowest BCUT2D eigenvalue weighted by Gasteiger charge is -2.14. The van der Waals surface area contributed by atoms with Crippen LogP contribution in [0.5, 0.6) is 0 Å². The zero-order valence-corrected chi connectivity index (χ0v) is 7.86. The minimum absolute atomic E-state index is 0.312. The highest BCUT2D eigenvalue weighted by molar-refractivity contribution is 4.93. The second kappa shape index (κ2) is 7.28. The van der Waals surface area contributed by atoms with Crippen molar-refractivity contribution in [1.82, 2.24) is 0 Å². The average Bonchev–Trinajstić information content (AvgIpc) is 2.10. The summed E-state index contributed by atoms with van der Waals surface area (Å²) in [5.41, 5.74) is 5.62. The van der Waals surface area contributed by atoms with Crippen LogP contribution in [0.3, 0.4) is 0 Å². The van der Waals surface area contributed by atoms with Crippen molar-refractivity contribution in [3.05, 3.63) is 12.2 Å². The molecule has 0 amide bonds. The van der Waals surface area contributed by atoms with Crippen molar-refractivity contribution in [1.29, 1.82) is 0 Å². The normalized spacial score (nSPS) is 16.7. The van der Waals surface area contributed by atoms with Crippen LogP contribution in [0.25, 0.3) is 0 Å². The number of nitrogens with two attached hydrogens (primary N) is 1. The molecule has 0 bridgehead atoms. The molecular formula is C9H19NO2. The van der Waals surface area contributed by atoms with Crippen molar-refractivity contribution in [2.75, 3.05) is 13.2 Å². The fraction of sp³-hybridized carbons (Fsp3) is 0.778. The van der Waals surface area contributed by atoms with Crippen LogP contribution in [0.15, 0.2) is 12.2 Å². The molecule has 0 fully saturated rings. The SMILES string of the molecule is CC/C=C/[C@H](O)[C@@H](N)COCC. The van der Waals surface area contributed by atoms with Crippen molar-refractivity contribution in [3.8, 4) is 0 Å². The van der Waals surface area contributed by atoms with E-state index >= 15 is 0 Å². The first-order chi connectivity index (χ1) is 5.72. The number of ether oxygens (including phenoxy) is 1. The molecule has 0 aliphatic rings. The van der Waals surface area contributed by atoms with Gasteiger partial charge in [-0.2, -0.15) is 0 Å². The Bertz CT molecular complexity index is 126. The molecule has 0 heterocycles. The molecule has 0 aliphatic heterocycles. The molecule has 72 valence electrons. The van der Waals surface area contributed by atoms with Gasteiger partial charge in [-0.05, 0) is 13.3 Å². The number of allylic oxidation sites excluding steroid dienone is 1. The maximum Gasteiger partial charge on any atom is 0.0894 e. The molecule has 2 atom stereocenters. The monoisotopic (exact) mass is 173 g/mol. The van der Waals surface area contributed by atoms with E-state index in [4.69, 9.17) is 10.5 Å². The number of rotatable bonds is 6. The summed E-state index contributed by atoms with van der Waals surface area (Å²) in [6.07, 6.45) is 3.94. The van der Waals surface area contributed by atoms with Gasteiger partial charge in [-0.3, -0.25) is 0 Å². The van der Waals surface area contributed by atoms with Gasteiger partial charge in [0.1, 0.15) is 0 Å². The first kappa shape index (κ1) is 11.6. The number of aliphatic hydroxyl groups is 1. The molecule has 0 spiro atoms. The average molecular weight is 173 g/mol. The minimum atomic E-state index is -0.587. The second-order valence-electron chi connectivity index (χ2n) is 2.65. The van der Waals surface area contributed by atoms with Gasteiger partial charge < -0.3 is 15.6 Å². The summed E-state index contributed by atoms with van der Waals surface area (Å²) in [7, 11) is 0. The number of hydrogen-bond acceptors (Lipinski definition) is 3. The molecule has 0 aliphatic carbocycles. The molecule has 0 aromatic rings. The molecule has 3 nitrogen and oxygen atoms in total. The maximum absolute atomic E-state index is 9.38. The Kier molecular flexibility index (Phi) is 7.05. The Balaban J connectivity index is 3.60. The smallest absolute Gasteiger partial charge is 0.0894 e. The zero-order valence-electron chi connectivity index (χ0n) is 7.86. The van der Waals surface area contributed by atoms with Crippen LogP contribution in [0.2, 0.25) is 0 Å². The molecule has 0 aromatic heterocycles. The van der Waals surface area contributed by atoms with E-state index < -0.39 is 6.10 Å². The third-order valence-electron chi connectivity index (χ3n) is 1.52. The lowest BCUT2D eigenvalue weighted by atomic mass is 10.1. The molecule has 3 N–H and O–H groups in total. The summed E-state index contributed by atoms with van der Waals surface area (Å²) in [4.78, 5) is 0. The van der Waals surface area contributed by atoms with Crippen molar-refractivity contribution in [3.63, 3.8) is 0 Å². The van der Waals surface area contributed by atoms with Gasteiger partial charge in [0, 0.05) is 6.61 Å². The molecule has 0 unspecified atom stereocenters. The molecule has 0 aromatic carbocycles. The summed E-state index contributed by atoms with van der Waals surface area (Å²) in [6, 6.07) is -0.312. The van der Waals surface area contributed by atoms with Crippen molar-refractivity contribution >= 4 is 0 Å². The maximum atomic E-state index is 9.38. The quantitative estimate of drug-likeness (QED) is 0.581. The molecule has 0 saturated carbocycles. The molecular weight excluding hydrogens is 154 g/mol. The Hall–Kier alpha value is -0.380. The number of hydrogen-bond donors (Lipinski definition) is 2. The molecule has 12 heavy (non-hydrogen) atoms. The van der Waals surface area contributed by atoms with Crippen LogP contribution < -0.4 is 5.73 Å². The lowest BCUT2D eigenvalue weighted by molar-refractivity contribution is 0.0880. The summed E-state index contributed by atoms with van der Waals surface area (Å²) >= 11 is 0. The van der Waals surface area contributed by atoms with Crippen LogP contribution in [0.4, 0.5) is 0 Å². The Labute approximate surface area is 74.2 Å². The van der Waals surface area contributed by atoms with Crippen LogP contribution in [0.1, 0.15) is 20.3 Å². The third kappa shape index (κ3) is 5.29. The predicted molar refractivity (Wildman–Crippen MR) is 49.9 cm³/mol. The van der Waals surface area contributed by atoms with Gasteiger partial charge in [0.05, 0.1) is 18.8 Å². The number of aliphatic hydroxyl groups excluding tert-OH is 1. The van der Waals surface area contributed by atoms with Crippen molar-refractivity contribution < 1.29 is 9.84 Å². The summed E-state index contributed by atoms with van der Waals surface area (Å²) in [5.74, 6) is 0. The van der Waals surface area contributed by atoms with Gasteiger partial charge >= 0.3 is 0 Å². The van der Waals surface area contributed by atoms with E-state index in [9.17, 15) is 5.11 Å². The second-order valence-corrected chi connectivity index (χ2v) is 2.65. The van der Waals surface area contributed by atoms with E-state index in [1.165, 1.54) is 0 Å². The van der Waals surface area contributed by atoms with E-state index in [1.54, 1.807) is 6.08 Å². The summed E-state index contributed by atoms with van der Waals surface area (Å²) in [6.45, 7) is 4.96. The predicted octanol–water partition coefficient (Wildman–Crippen LogP) is 0.677. The fourth-order valence-corrected chi connectivity index (χ4v) is 0.771. The Morgan fingerprint density at radius 2 is 2.17 bits per heavy atom. The first-order valence-electron chi connectivity index (χ1n) is 4.40. The Morgan fingerprint density at radius 3 is 2.67 bits per heavy atom. The topological polar surface area (TPSA) is 55.5 Å². The van der Waals surface area contributed by atoms with E-state index in [0.717, 1.165) is 6.42 Å². The highest BCUT2D eigenvalue weighted by Crippen LogP contribution is 1.95. The highest BCUT2D eigenvalue weighted by atomic mass is 16.5. The van der Waals surface area contributed by atoms with E-state index in [1.807, 2.05) is 19.9 Å².